The maximum absolute atomic E-state index is 12.8. The molecule has 0 radical (unpaired) electrons. The van der Waals surface area contributed by atoms with Gasteiger partial charge in [0.15, 0.2) is 0 Å². The molecule has 0 bridgehead atoms. The van der Waals surface area contributed by atoms with Crippen molar-refractivity contribution >= 4 is 21.7 Å². The fourth-order valence-corrected chi connectivity index (χ4v) is 4.61. The average molecular weight is 476 g/mol. The molecule has 186 valence electrons. The van der Waals surface area contributed by atoms with E-state index >= 15 is 0 Å². The number of nitrogens with zero attached hydrogens (tertiary/aromatic N) is 2. The van der Waals surface area contributed by atoms with Gasteiger partial charge in [-0.3, -0.25) is 18.8 Å². The van der Waals surface area contributed by atoms with Crippen LogP contribution in [0.25, 0.3) is 0 Å². The Morgan fingerprint density at radius 1 is 1.09 bits per heavy atom. The molecule has 0 spiro atoms. The van der Waals surface area contributed by atoms with Gasteiger partial charge in [-0.2, -0.15) is 8.42 Å². The fourth-order valence-electron chi connectivity index (χ4n) is 4.02. The number of Topliss-reactive ketones (excluding diaryl/α,β-unsaturated/α-hetero) is 1. The van der Waals surface area contributed by atoms with E-state index in [1.807, 2.05) is 0 Å². The summed E-state index contributed by atoms with van der Waals surface area (Å²) in [5.74, 6) is -0.426. The van der Waals surface area contributed by atoms with Crippen molar-refractivity contribution in [1.82, 2.24) is 4.90 Å². The number of hydrogen-bond donors (Lipinski definition) is 3. The van der Waals surface area contributed by atoms with Gasteiger partial charge in [-0.05, 0) is 25.7 Å². The molecule has 9 heteroatoms. The zero-order valence-electron chi connectivity index (χ0n) is 19.6. The average Bonchev–Trinajstić information content (AvgIpc) is 3.09. The summed E-state index contributed by atoms with van der Waals surface area (Å²) in [7, 11) is -4.29. The van der Waals surface area contributed by atoms with Gasteiger partial charge < -0.3 is 10.2 Å². The minimum Gasteiger partial charge on any atom is -0.392 e. The summed E-state index contributed by atoms with van der Waals surface area (Å²) < 4.78 is 32.6. The Balaban J connectivity index is 2.42. The van der Waals surface area contributed by atoms with Crippen molar-refractivity contribution in [2.45, 2.75) is 83.7 Å². The topological polar surface area (TPSA) is 118 Å². The van der Waals surface area contributed by atoms with Crippen molar-refractivity contribution in [3.63, 3.8) is 0 Å². The quantitative estimate of drug-likeness (QED) is 0.114. The SMILES string of the molecule is CCCCCCCCC/C=C/CCCC(=O)C1=[N+](CC(O)CS(=O)(=O)O)CCN1CCO. The highest BCUT2D eigenvalue weighted by molar-refractivity contribution is 7.85. The second kappa shape index (κ2) is 16.3. The summed E-state index contributed by atoms with van der Waals surface area (Å²) in [5.41, 5.74) is 0. The predicted octanol–water partition coefficient (Wildman–Crippen LogP) is 2.39. The lowest BCUT2D eigenvalue weighted by molar-refractivity contribution is -0.525. The standard InChI is InChI=1S/C23H42N2O6S/c1-2-3-4-5-6-7-8-9-10-11-12-13-14-22(28)23-24(17-18-26)15-16-25(23)19-21(27)20-32(29,30)31/h10-11,21,26-27H,2-9,12-20H2,1H3/p+1/b11-10+. The molecule has 1 atom stereocenters. The summed E-state index contributed by atoms with van der Waals surface area (Å²) in [5, 5.41) is 19.2. The van der Waals surface area contributed by atoms with Crippen LogP contribution in [0.1, 0.15) is 77.6 Å². The van der Waals surface area contributed by atoms with Crippen LogP contribution in [-0.4, -0.2) is 88.9 Å². The van der Waals surface area contributed by atoms with Crippen LogP contribution in [-0.2, 0) is 14.9 Å². The first-order valence-electron chi connectivity index (χ1n) is 12.1. The highest BCUT2D eigenvalue weighted by Crippen LogP contribution is 2.11. The van der Waals surface area contributed by atoms with E-state index in [0.717, 1.165) is 12.8 Å². The van der Waals surface area contributed by atoms with Crippen LogP contribution in [0.2, 0.25) is 0 Å². The molecule has 0 aromatic rings. The Hall–Kier alpha value is -1.29. The largest absolute Gasteiger partial charge is 0.392 e. The molecular formula is C23H43N2O6S+. The van der Waals surface area contributed by atoms with Crippen molar-refractivity contribution in [3.05, 3.63) is 12.2 Å². The van der Waals surface area contributed by atoms with Crippen LogP contribution in [0.15, 0.2) is 12.2 Å². The number of amidine groups is 1. The maximum atomic E-state index is 12.8. The Morgan fingerprint density at radius 3 is 2.34 bits per heavy atom. The van der Waals surface area contributed by atoms with Crippen molar-refractivity contribution in [3.8, 4) is 0 Å². The second-order valence-corrected chi connectivity index (χ2v) is 10.1. The van der Waals surface area contributed by atoms with Crippen LogP contribution in [0.4, 0.5) is 0 Å². The molecule has 1 rings (SSSR count). The van der Waals surface area contributed by atoms with E-state index in [9.17, 15) is 23.4 Å². The maximum Gasteiger partial charge on any atom is 0.316 e. The number of ketones is 1. The van der Waals surface area contributed by atoms with Gasteiger partial charge in [0.2, 0.25) is 5.78 Å². The van der Waals surface area contributed by atoms with E-state index in [-0.39, 0.29) is 18.9 Å². The number of unbranched alkanes of at least 4 members (excludes halogenated alkanes) is 8. The van der Waals surface area contributed by atoms with Crippen molar-refractivity contribution < 1.29 is 32.6 Å². The van der Waals surface area contributed by atoms with Gasteiger partial charge in [-0.1, -0.05) is 57.6 Å². The molecule has 0 saturated heterocycles. The van der Waals surface area contributed by atoms with Gasteiger partial charge in [0.25, 0.3) is 10.1 Å². The Morgan fingerprint density at radius 2 is 1.72 bits per heavy atom. The molecule has 8 nitrogen and oxygen atoms in total. The summed E-state index contributed by atoms with van der Waals surface area (Å²) >= 11 is 0. The van der Waals surface area contributed by atoms with Crippen LogP contribution in [0.3, 0.4) is 0 Å². The number of carbonyl (C=O) groups is 1. The van der Waals surface area contributed by atoms with Gasteiger partial charge in [0.1, 0.15) is 38.0 Å². The number of rotatable bonds is 19. The van der Waals surface area contributed by atoms with Gasteiger partial charge in [0, 0.05) is 6.42 Å². The van der Waals surface area contributed by atoms with E-state index in [2.05, 4.69) is 19.1 Å². The summed E-state index contributed by atoms with van der Waals surface area (Å²) in [6.45, 7) is 3.37. The van der Waals surface area contributed by atoms with Crippen LogP contribution < -0.4 is 0 Å². The van der Waals surface area contributed by atoms with Gasteiger partial charge in [-0.15, -0.1) is 0 Å². The molecule has 1 heterocycles. The highest BCUT2D eigenvalue weighted by Gasteiger charge is 2.36. The zero-order chi connectivity index (χ0) is 23.8. The smallest absolute Gasteiger partial charge is 0.316 e. The third kappa shape index (κ3) is 12.7. The molecule has 1 aliphatic heterocycles. The molecule has 3 N–H and O–H groups in total. The van der Waals surface area contributed by atoms with E-state index in [0.29, 0.717) is 38.3 Å². The molecule has 0 aromatic heterocycles. The van der Waals surface area contributed by atoms with Crippen LogP contribution in [0, 0.1) is 0 Å². The molecule has 0 aromatic carbocycles. The van der Waals surface area contributed by atoms with E-state index in [4.69, 9.17) is 4.55 Å². The molecule has 0 amide bonds. The first kappa shape index (κ1) is 28.7. The second-order valence-electron chi connectivity index (χ2n) is 8.58. The molecule has 0 fully saturated rings. The molecule has 0 aliphatic carbocycles. The molecule has 1 unspecified atom stereocenters. The minimum absolute atomic E-state index is 0.0544. The van der Waals surface area contributed by atoms with Crippen molar-refractivity contribution in [2.75, 3.05) is 38.5 Å². The summed E-state index contributed by atoms with van der Waals surface area (Å²) in [6.07, 6.45) is 15.0. The third-order valence-electron chi connectivity index (χ3n) is 5.61. The van der Waals surface area contributed by atoms with Crippen LogP contribution in [0.5, 0.6) is 0 Å². The number of β-amino-alcohol motifs (C(OH)–C–C–N with tert-alkyl or cyclic N) is 2. The summed E-state index contributed by atoms with van der Waals surface area (Å²) in [6, 6.07) is 0. The zero-order valence-corrected chi connectivity index (χ0v) is 20.4. The Labute approximate surface area is 193 Å². The predicted molar refractivity (Wildman–Crippen MR) is 127 cm³/mol. The highest BCUT2D eigenvalue weighted by atomic mass is 32.2. The molecule has 1 aliphatic rings. The lowest BCUT2D eigenvalue weighted by Crippen LogP contribution is -2.40. The molecule has 32 heavy (non-hydrogen) atoms. The van der Waals surface area contributed by atoms with E-state index in [1.165, 1.54) is 44.9 Å². The number of carbonyl (C=O) groups excluding carboxylic acids is 1. The number of aliphatic hydroxyl groups is 2. The van der Waals surface area contributed by atoms with Crippen molar-refractivity contribution in [1.29, 1.82) is 0 Å². The van der Waals surface area contributed by atoms with E-state index in [1.54, 1.807) is 9.48 Å². The lowest BCUT2D eigenvalue weighted by atomic mass is 10.1. The van der Waals surface area contributed by atoms with Gasteiger partial charge >= 0.3 is 5.84 Å². The number of allylic oxidation sites excluding steroid dienone is 2. The first-order chi connectivity index (χ1) is 15.3. The normalized spacial score (nSPS) is 15.8. The fraction of sp³-hybridized carbons (Fsp3) is 0.826. The van der Waals surface area contributed by atoms with Crippen LogP contribution >= 0.6 is 0 Å². The van der Waals surface area contributed by atoms with Gasteiger partial charge in [-0.25, -0.2) is 0 Å². The van der Waals surface area contributed by atoms with Gasteiger partial charge in [0.05, 0.1) is 6.61 Å². The number of hydrogen-bond acceptors (Lipinski definition) is 6. The summed E-state index contributed by atoms with van der Waals surface area (Å²) in [4.78, 5) is 14.6. The molecular weight excluding hydrogens is 432 g/mol. The Kier molecular flexibility index (Phi) is 14.7. The molecule has 0 saturated carbocycles. The Bertz CT molecular complexity index is 705. The first-order valence-corrected chi connectivity index (χ1v) is 13.7. The minimum atomic E-state index is -4.29. The van der Waals surface area contributed by atoms with Crippen molar-refractivity contribution in [2.24, 2.45) is 0 Å². The third-order valence-corrected chi connectivity index (χ3v) is 6.41. The number of aliphatic hydroxyl groups excluding tert-OH is 2. The monoisotopic (exact) mass is 475 g/mol. The lowest BCUT2D eigenvalue weighted by Gasteiger charge is -2.12. The van der Waals surface area contributed by atoms with E-state index < -0.39 is 22.0 Å².